The third-order valence-corrected chi connectivity index (χ3v) is 9.87. The van der Waals surface area contributed by atoms with E-state index >= 15 is 8.78 Å². The van der Waals surface area contributed by atoms with E-state index in [2.05, 4.69) is 18.8 Å². The highest BCUT2D eigenvalue weighted by atomic mass is 19.1. The summed E-state index contributed by atoms with van der Waals surface area (Å²) in [6.07, 6.45) is 8.86. The predicted molar refractivity (Wildman–Crippen MR) is 136 cm³/mol. The third-order valence-electron chi connectivity index (χ3n) is 9.87. The Morgan fingerprint density at radius 2 is 1.83 bits per heavy atom. The fourth-order valence-electron chi connectivity index (χ4n) is 7.76. The lowest BCUT2D eigenvalue weighted by Crippen LogP contribution is -2.51. The van der Waals surface area contributed by atoms with Crippen molar-refractivity contribution in [2.24, 2.45) is 23.2 Å². The maximum atomic E-state index is 15.8. The van der Waals surface area contributed by atoms with Crippen molar-refractivity contribution in [1.82, 2.24) is 0 Å². The Labute approximate surface area is 212 Å². The number of aliphatic hydroxyl groups is 1. The summed E-state index contributed by atoms with van der Waals surface area (Å²) < 4.78 is 31.0. The first-order valence-corrected chi connectivity index (χ1v) is 13.5. The lowest BCUT2D eigenvalue weighted by atomic mass is 9.51. The van der Waals surface area contributed by atoms with E-state index in [0.717, 1.165) is 37.7 Å². The van der Waals surface area contributed by atoms with E-state index in [1.165, 1.54) is 23.3 Å². The molecule has 0 aliphatic heterocycles. The number of fused-ring (bicyclic) bond motifs is 4. The Bertz CT molecular complexity index is 1260. The van der Waals surface area contributed by atoms with Gasteiger partial charge in [0.25, 0.3) is 0 Å². The van der Waals surface area contributed by atoms with Gasteiger partial charge in [0.2, 0.25) is 0 Å². The molecule has 3 fully saturated rings. The van der Waals surface area contributed by atoms with Crippen molar-refractivity contribution < 1.29 is 18.7 Å². The van der Waals surface area contributed by atoms with Crippen LogP contribution in [0.3, 0.4) is 0 Å². The average Bonchev–Trinajstić information content (AvgIpc) is 3.63. The minimum absolute atomic E-state index is 0.156. The molecule has 5 aliphatic carbocycles. The Balaban J connectivity index is 1.52. The van der Waals surface area contributed by atoms with Gasteiger partial charge in [0.15, 0.2) is 5.78 Å². The number of ketones is 1. The average molecular weight is 492 g/mol. The first-order chi connectivity index (χ1) is 17.1. The Kier molecular flexibility index (Phi) is 5.50. The second-order valence-electron chi connectivity index (χ2n) is 12.2. The summed E-state index contributed by atoms with van der Waals surface area (Å²) in [4.78, 5) is 13.8. The molecule has 1 aromatic carbocycles. The summed E-state index contributed by atoms with van der Waals surface area (Å²) in [5.41, 5.74) is 2.43. The minimum atomic E-state index is -1.12. The number of benzene rings is 1. The zero-order valence-electron chi connectivity index (χ0n) is 21.5. The number of nitrogens with zero attached hydrogens (tertiary/aromatic N) is 1. The second-order valence-corrected chi connectivity index (χ2v) is 12.2. The maximum absolute atomic E-state index is 15.8. The number of anilines is 1. The summed E-state index contributed by atoms with van der Waals surface area (Å²) in [7, 11) is 3.41. The Morgan fingerprint density at radius 3 is 2.56 bits per heavy atom. The molecule has 0 bridgehead atoms. The van der Waals surface area contributed by atoms with Gasteiger partial charge in [0.1, 0.15) is 17.2 Å². The molecule has 3 nitrogen and oxygen atoms in total. The molecular weight excluding hydrogens is 456 g/mol. The van der Waals surface area contributed by atoms with Crippen LogP contribution in [-0.4, -0.2) is 30.6 Å². The van der Waals surface area contributed by atoms with E-state index in [0.29, 0.717) is 37.2 Å². The second kappa shape index (κ2) is 8.28. The number of carbonyl (C=O) groups excluding carboxylic acids is 1. The fraction of sp³-hybridized carbons (Fsp3) is 0.581. The lowest BCUT2D eigenvalue weighted by molar-refractivity contribution is -0.114. The number of carbonyl (C=O) groups is 1. The normalized spacial score (nSPS) is 35.3. The van der Waals surface area contributed by atoms with Gasteiger partial charge < -0.3 is 10.0 Å². The van der Waals surface area contributed by atoms with Crippen LogP contribution >= 0.6 is 0 Å². The van der Waals surface area contributed by atoms with Crippen LogP contribution in [0.4, 0.5) is 14.5 Å². The topological polar surface area (TPSA) is 40.5 Å². The van der Waals surface area contributed by atoms with Gasteiger partial charge in [-0.05, 0) is 92.1 Å². The minimum Gasteiger partial charge on any atom is -0.377 e. The van der Waals surface area contributed by atoms with Crippen molar-refractivity contribution in [3.05, 3.63) is 52.1 Å². The van der Waals surface area contributed by atoms with Crippen LogP contribution in [0.2, 0.25) is 0 Å². The largest absolute Gasteiger partial charge is 0.377 e. The van der Waals surface area contributed by atoms with Gasteiger partial charge in [-0.1, -0.05) is 24.3 Å². The Morgan fingerprint density at radius 1 is 1.06 bits per heavy atom. The summed E-state index contributed by atoms with van der Waals surface area (Å²) >= 11 is 0. The van der Waals surface area contributed by atoms with Crippen molar-refractivity contribution in [3.8, 4) is 11.8 Å². The van der Waals surface area contributed by atoms with Crippen molar-refractivity contribution >= 4 is 11.5 Å². The van der Waals surface area contributed by atoms with Crippen LogP contribution < -0.4 is 4.90 Å². The molecule has 190 valence electrons. The number of hydrogen-bond acceptors (Lipinski definition) is 3. The zero-order chi connectivity index (χ0) is 25.4. The molecule has 5 heteroatoms. The van der Waals surface area contributed by atoms with Crippen molar-refractivity contribution in [2.75, 3.05) is 19.0 Å². The summed E-state index contributed by atoms with van der Waals surface area (Å²) in [6, 6.07) is 2.68. The van der Waals surface area contributed by atoms with Crippen LogP contribution in [0, 0.1) is 46.6 Å². The molecule has 5 aliphatic rings. The smallest absolute Gasteiger partial charge is 0.156 e. The molecule has 1 aromatic rings. The van der Waals surface area contributed by atoms with Gasteiger partial charge >= 0.3 is 0 Å². The summed E-state index contributed by atoms with van der Waals surface area (Å²) in [5, 5.41) is 12.0. The monoisotopic (exact) mass is 491 g/mol. The number of hydrogen-bond donors (Lipinski definition) is 1. The van der Waals surface area contributed by atoms with Crippen LogP contribution in [0.15, 0.2) is 34.9 Å². The molecule has 0 radical (unpaired) electrons. The Hall–Kier alpha value is -2.45. The molecule has 36 heavy (non-hydrogen) atoms. The molecule has 0 aromatic heterocycles. The van der Waals surface area contributed by atoms with E-state index < -0.39 is 22.7 Å². The maximum Gasteiger partial charge on any atom is 0.156 e. The van der Waals surface area contributed by atoms with Crippen molar-refractivity contribution in [2.45, 2.75) is 76.2 Å². The number of halogens is 2. The molecular formula is C31H35F2NO2. The molecule has 0 unspecified atom stereocenters. The summed E-state index contributed by atoms with van der Waals surface area (Å²) in [6.45, 7) is 2.14. The van der Waals surface area contributed by atoms with Gasteiger partial charge in [-0.15, -0.1) is 0 Å². The molecule has 1 N–H and O–H groups in total. The molecule has 0 saturated heterocycles. The standard InChI is InChI=1S/C31H35F2NO2/c1-30-17-24(23-15-27(33)28(34(2)3)16-26(23)32)29-21-9-7-20(35)14-19(21)6-8-22(29)25(30)11-13-31(30,36)12-10-18-4-5-18/h14-16,18,22,24-25,36H,4-9,11,13,17H2,1-3H3/t22-,24+,25-,30-,31-/m0/s1. The first kappa shape index (κ1) is 23.9. The van der Waals surface area contributed by atoms with Gasteiger partial charge in [0.05, 0.1) is 5.69 Å². The lowest BCUT2D eigenvalue weighted by Gasteiger charge is -2.53. The molecule has 0 heterocycles. The highest BCUT2D eigenvalue weighted by Crippen LogP contribution is 2.66. The SMILES string of the molecule is CN(C)c1cc(F)c([C@H]2C[C@@]3(C)[C@@H](CC[C@@]3(O)C#CC3CC3)[C@@H]3CCC4=CC(=O)CCC4=C32)cc1F. The van der Waals surface area contributed by atoms with Gasteiger partial charge in [-0.25, -0.2) is 8.78 Å². The fourth-order valence-corrected chi connectivity index (χ4v) is 7.76. The van der Waals surface area contributed by atoms with Crippen LogP contribution in [0.25, 0.3) is 0 Å². The highest BCUT2D eigenvalue weighted by molar-refractivity contribution is 5.93. The van der Waals surface area contributed by atoms with Crippen molar-refractivity contribution in [1.29, 1.82) is 0 Å². The third kappa shape index (κ3) is 3.59. The zero-order valence-corrected chi connectivity index (χ0v) is 21.5. The highest BCUT2D eigenvalue weighted by Gasteiger charge is 2.63. The quantitative estimate of drug-likeness (QED) is 0.510. The number of allylic oxidation sites excluding steroid dienone is 4. The van der Waals surface area contributed by atoms with E-state index in [9.17, 15) is 9.90 Å². The molecule has 0 amide bonds. The predicted octanol–water partition coefficient (Wildman–Crippen LogP) is 6.07. The molecule has 6 rings (SSSR count). The van der Waals surface area contributed by atoms with E-state index in [-0.39, 0.29) is 29.2 Å². The van der Waals surface area contributed by atoms with E-state index in [4.69, 9.17) is 0 Å². The van der Waals surface area contributed by atoms with E-state index in [1.54, 1.807) is 25.1 Å². The van der Waals surface area contributed by atoms with Gasteiger partial charge in [-0.3, -0.25) is 4.79 Å². The van der Waals surface area contributed by atoms with Crippen LogP contribution in [-0.2, 0) is 4.79 Å². The van der Waals surface area contributed by atoms with Gasteiger partial charge in [0, 0.05) is 43.8 Å². The van der Waals surface area contributed by atoms with Gasteiger partial charge in [-0.2, -0.15) is 0 Å². The molecule has 5 atom stereocenters. The number of rotatable bonds is 2. The summed E-state index contributed by atoms with van der Waals surface area (Å²) in [5.74, 6) is 6.39. The van der Waals surface area contributed by atoms with Crippen LogP contribution in [0.5, 0.6) is 0 Å². The molecule has 3 saturated carbocycles. The van der Waals surface area contributed by atoms with Crippen molar-refractivity contribution in [3.63, 3.8) is 0 Å². The first-order valence-electron chi connectivity index (χ1n) is 13.5. The van der Waals surface area contributed by atoms with E-state index in [1.807, 2.05) is 0 Å². The van der Waals surface area contributed by atoms with Crippen LogP contribution in [0.1, 0.15) is 76.2 Å². The molecule has 0 spiro atoms.